The normalized spacial score (nSPS) is 12.3. The number of nitrogens with zero attached hydrogens (tertiary/aromatic N) is 1. The van der Waals surface area contributed by atoms with Gasteiger partial charge in [-0.05, 0) is 36.2 Å². The van der Waals surface area contributed by atoms with Crippen molar-refractivity contribution >= 4 is 27.7 Å². The molecule has 1 unspecified atom stereocenters. The Morgan fingerprint density at radius 1 is 1.32 bits per heavy atom. The molecular formula is C14H16BrN3S. The Morgan fingerprint density at radius 3 is 2.89 bits per heavy atom. The van der Waals surface area contributed by atoms with E-state index in [9.17, 15) is 0 Å². The van der Waals surface area contributed by atoms with E-state index in [1.165, 1.54) is 10.5 Å². The van der Waals surface area contributed by atoms with Crippen LogP contribution in [0.5, 0.6) is 0 Å². The molecule has 0 spiro atoms. The molecule has 0 aliphatic carbocycles. The second-order valence-electron chi connectivity index (χ2n) is 4.20. The lowest BCUT2D eigenvalue weighted by Gasteiger charge is -2.15. The van der Waals surface area contributed by atoms with Gasteiger partial charge in [0.15, 0.2) is 0 Å². The van der Waals surface area contributed by atoms with E-state index in [-0.39, 0.29) is 6.04 Å². The lowest BCUT2D eigenvalue weighted by atomic mass is 10.1. The molecular weight excluding hydrogens is 322 g/mol. The van der Waals surface area contributed by atoms with Crippen molar-refractivity contribution < 1.29 is 0 Å². The highest BCUT2D eigenvalue weighted by Crippen LogP contribution is 2.23. The summed E-state index contributed by atoms with van der Waals surface area (Å²) >= 11 is 5.27. The largest absolute Gasteiger partial charge is 0.271 e. The number of pyridine rings is 1. The number of hydrogen-bond donors (Lipinski definition) is 2. The molecule has 0 amide bonds. The summed E-state index contributed by atoms with van der Waals surface area (Å²) in [5, 5.41) is 0. The molecule has 1 heterocycles. The average Bonchev–Trinajstić information content (AvgIpc) is 2.44. The van der Waals surface area contributed by atoms with Gasteiger partial charge < -0.3 is 0 Å². The van der Waals surface area contributed by atoms with Gasteiger partial charge in [-0.3, -0.25) is 16.3 Å². The monoisotopic (exact) mass is 337 g/mol. The smallest absolute Gasteiger partial charge is 0.0345 e. The van der Waals surface area contributed by atoms with Crippen LogP contribution in [-0.2, 0) is 6.42 Å². The van der Waals surface area contributed by atoms with Crippen LogP contribution in [0.3, 0.4) is 0 Å². The van der Waals surface area contributed by atoms with Crippen molar-refractivity contribution in [2.75, 3.05) is 5.75 Å². The van der Waals surface area contributed by atoms with Crippen molar-refractivity contribution in [2.45, 2.75) is 17.4 Å². The van der Waals surface area contributed by atoms with Gasteiger partial charge >= 0.3 is 0 Å². The molecule has 0 saturated heterocycles. The molecule has 0 fully saturated rings. The molecule has 3 N–H and O–H groups in total. The maximum Gasteiger partial charge on any atom is 0.0345 e. The third-order valence-corrected chi connectivity index (χ3v) is 4.34. The summed E-state index contributed by atoms with van der Waals surface area (Å²) in [7, 11) is 0. The molecule has 1 atom stereocenters. The van der Waals surface area contributed by atoms with E-state index in [1.807, 2.05) is 24.4 Å². The molecule has 0 radical (unpaired) electrons. The van der Waals surface area contributed by atoms with Gasteiger partial charge in [0, 0.05) is 33.6 Å². The fourth-order valence-electron chi connectivity index (χ4n) is 1.72. The van der Waals surface area contributed by atoms with Crippen molar-refractivity contribution in [3.8, 4) is 0 Å². The second kappa shape index (κ2) is 7.65. The Balaban J connectivity index is 1.89. The molecule has 0 aliphatic heterocycles. The second-order valence-corrected chi connectivity index (χ2v) is 6.21. The summed E-state index contributed by atoms with van der Waals surface area (Å²) in [4.78, 5) is 5.36. The zero-order valence-electron chi connectivity index (χ0n) is 10.4. The summed E-state index contributed by atoms with van der Waals surface area (Å²) in [5.74, 6) is 6.54. The molecule has 3 nitrogen and oxygen atoms in total. The number of benzene rings is 1. The number of rotatable bonds is 6. The van der Waals surface area contributed by atoms with Gasteiger partial charge in [0.1, 0.15) is 0 Å². The van der Waals surface area contributed by atoms with Crippen LogP contribution < -0.4 is 11.3 Å². The zero-order valence-corrected chi connectivity index (χ0v) is 12.8. The third kappa shape index (κ3) is 4.95. The summed E-state index contributed by atoms with van der Waals surface area (Å²) in [6, 6.07) is 12.5. The van der Waals surface area contributed by atoms with Gasteiger partial charge in [-0.1, -0.05) is 28.1 Å². The lowest BCUT2D eigenvalue weighted by Crippen LogP contribution is -2.38. The van der Waals surface area contributed by atoms with E-state index >= 15 is 0 Å². The van der Waals surface area contributed by atoms with E-state index < -0.39 is 0 Å². The Kier molecular flexibility index (Phi) is 5.85. The standard InChI is InChI=1S/C14H16BrN3S/c15-12-4-1-5-14(8-12)19-10-13(18-16)7-11-3-2-6-17-9-11/h1-6,8-9,13,18H,7,10,16H2. The predicted octanol–water partition coefficient (Wildman–Crippen LogP) is 3.01. The third-order valence-electron chi connectivity index (χ3n) is 2.69. The summed E-state index contributed by atoms with van der Waals surface area (Å²) in [6.45, 7) is 0. The van der Waals surface area contributed by atoms with Gasteiger partial charge in [0.05, 0.1) is 0 Å². The zero-order chi connectivity index (χ0) is 13.5. The van der Waals surface area contributed by atoms with E-state index in [0.29, 0.717) is 0 Å². The quantitative estimate of drug-likeness (QED) is 0.483. The van der Waals surface area contributed by atoms with Gasteiger partial charge in [-0.25, -0.2) is 0 Å². The molecule has 2 aromatic rings. The highest BCUT2D eigenvalue weighted by molar-refractivity contribution is 9.10. The fourth-order valence-corrected chi connectivity index (χ4v) is 3.27. The number of nitrogens with one attached hydrogen (secondary N) is 1. The van der Waals surface area contributed by atoms with Gasteiger partial charge in [0.2, 0.25) is 0 Å². The first-order valence-corrected chi connectivity index (χ1v) is 7.79. The van der Waals surface area contributed by atoms with E-state index in [4.69, 9.17) is 5.84 Å². The van der Waals surface area contributed by atoms with Crippen molar-refractivity contribution in [2.24, 2.45) is 5.84 Å². The van der Waals surface area contributed by atoms with E-state index in [0.717, 1.165) is 16.6 Å². The molecule has 1 aromatic carbocycles. The molecule has 2 rings (SSSR count). The first-order chi connectivity index (χ1) is 9.28. The summed E-state index contributed by atoms with van der Waals surface area (Å²) < 4.78 is 1.10. The Labute approximate surface area is 126 Å². The van der Waals surface area contributed by atoms with Gasteiger partial charge in [-0.15, -0.1) is 11.8 Å². The minimum Gasteiger partial charge on any atom is -0.271 e. The molecule has 1 aromatic heterocycles. The van der Waals surface area contributed by atoms with Crippen LogP contribution in [0.4, 0.5) is 0 Å². The van der Waals surface area contributed by atoms with Crippen LogP contribution in [0, 0.1) is 0 Å². The van der Waals surface area contributed by atoms with Crippen LogP contribution in [0.2, 0.25) is 0 Å². The number of halogens is 1. The lowest BCUT2D eigenvalue weighted by molar-refractivity contribution is 0.575. The highest BCUT2D eigenvalue weighted by atomic mass is 79.9. The molecule has 100 valence electrons. The van der Waals surface area contributed by atoms with Gasteiger partial charge in [0.25, 0.3) is 0 Å². The summed E-state index contributed by atoms with van der Waals surface area (Å²) in [6.07, 6.45) is 4.55. The first kappa shape index (κ1) is 14.5. The number of hydrazine groups is 1. The Morgan fingerprint density at radius 2 is 2.21 bits per heavy atom. The number of nitrogens with two attached hydrogens (primary N) is 1. The fraction of sp³-hybridized carbons (Fsp3) is 0.214. The topological polar surface area (TPSA) is 50.9 Å². The molecule has 0 aliphatic rings. The highest BCUT2D eigenvalue weighted by Gasteiger charge is 2.08. The molecule has 0 saturated carbocycles. The van der Waals surface area contributed by atoms with E-state index in [2.05, 4.69) is 44.5 Å². The molecule has 19 heavy (non-hydrogen) atoms. The maximum absolute atomic E-state index is 5.62. The summed E-state index contributed by atoms with van der Waals surface area (Å²) in [5.41, 5.74) is 4.07. The first-order valence-electron chi connectivity index (χ1n) is 6.01. The molecule has 5 heteroatoms. The van der Waals surface area contributed by atoms with Gasteiger partial charge in [-0.2, -0.15) is 0 Å². The maximum atomic E-state index is 5.62. The minimum atomic E-state index is 0.230. The number of hydrogen-bond acceptors (Lipinski definition) is 4. The van der Waals surface area contributed by atoms with Crippen LogP contribution in [0.15, 0.2) is 58.2 Å². The van der Waals surface area contributed by atoms with Crippen molar-refractivity contribution in [1.82, 2.24) is 10.4 Å². The van der Waals surface area contributed by atoms with Crippen LogP contribution in [0.1, 0.15) is 5.56 Å². The SMILES string of the molecule is NNC(CSc1cccc(Br)c1)Cc1cccnc1. The predicted molar refractivity (Wildman–Crippen MR) is 83.9 cm³/mol. The number of thioether (sulfide) groups is 1. The Hall–Kier alpha value is -0.880. The van der Waals surface area contributed by atoms with Crippen LogP contribution >= 0.6 is 27.7 Å². The average molecular weight is 338 g/mol. The Bertz CT molecular complexity index is 507. The van der Waals surface area contributed by atoms with Crippen molar-refractivity contribution in [3.63, 3.8) is 0 Å². The number of aromatic nitrogens is 1. The molecule has 0 bridgehead atoms. The van der Waals surface area contributed by atoms with Crippen molar-refractivity contribution in [1.29, 1.82) is 0 Å². The van der Waals surface area contributed by atoms with Crippen LogP contribution in [0.25, 0.3) is 0 Å². The van der Waals surface area contributed by atoms with Crippen molar-refractivity contribution in [3.05, 3.63) is 58.8 Å². The minimum absolute atomic E-state index is 0.230. The van der Waals surface area contributed by atoms with Crippen LogP contribution in [-0.4, -0.2) is 16.8 Å². The van der Waals surface area contributed by atoms with E-state index in [1.54, 1.807) is 18.0 Å².